The Bertz CT molecular complexity index is 215. The van der Waals surface area contributed by atoms with Crippen LogP contribution in [0.25, 0.3) is 0 Å². The van der Waals surface area contributed by atoms with Crippen molar-refractivity contribution in [2.45, 2.75) is 19.8 Å². The summed E-state index contributed by atoms with van der Waals surface area (Å²) in [7, 11) is 0. The molecule has 3 nitrogen and oxygen atoms in total. The second-order valence-corrected chi connectivity index (χ2v) is 3.15. The van der Waals surface area contributed by atoms with Crippen LogP contribution in [0.1, 0.15) is 19.8 Å². The molecule has 0 aromatic rings. The molecule has 74 valence electrons. The van der Waals surface area contributed by atoms with E-state index in [9.17, 15) is 14.0 Å². The van der Waals surface area contributed by atoms with Gasteiger partial charge in [-0.05, 0) is 13.3 Å². The summed E-state index contributed by atoms with van der Waals surface area (Å²) in [6, 6.07) is 0. The van der Waals surface area contributed by atoms with E-state index < -0.39 is 24.5 Å². The number of rotatable bonds is 3. The van der Waals surface area contributed by atoms with Crippen molar-refractivity contribution in [3.8, 4) is 0 Å². The number of hydrogen-bond acceptors (Lipinski definition) is 3. The number of hydrogen-bond donors (Lipinski definition) is 0. The van der Waals surface area contributed by atoms with Crippen LogP contribution in [0.3, 0.4) is 0 Å². The predicted molar refractivity (Wildman–Crippen MR) is 43.8 cm³/mol. The van der Waals surface area contributed by atoms with E-state index in [1.54, 1.807) is 6.92 Å². The minimum Gasteiger partial charge on any atom is -0.465 e. The van der Waals surface area contributed by atoms with Crippen LogP contribution in [0.15, 0.2) is 0 Å². The van der Waals surface area contributed by atoms with Crippen molar-refractivity contribution in [2.75, 3.05) is 13.3 Å². The first kappa shape index (κ1) is 10.2. The summed E-state index contributed by atoms with van der Waals surface area (Å²) < 4.78 is 17.1. The highest BCUT2D eigenvalue weighted by Crippen LogP contribution is 2.30. The van der Waals surface area contributed by atoms with Gasteiger partial charge in [-0.15, -0.1) is 0 Å². The molecule has 0 heterocycles. The molecule has 0 aromatic carbocycles. The lowest BCUT2D eigenvalue weighted by molar-refractivity contribution is -0.152. The molecular formula is C9H13FO3. The van der Waals surface area contributed by atoms with Gasteiger partial charge < -0.3 is 4.74 Å². The Hall–Kier alpha value is -0.930. The van der Waals surface area contributed by atoms with Gasteiger partial charge in [0.1, 0.15) is 11.7 Å². The number of carbonyl (C=O) groups excluding carboxylic acids is 2. The molecule has 2 atom stereocenters. The van der Waals surface area contributed by atoms with Crippen LogP contribution >= 0.6 is 0 Å². The molecule has 0 amide bonds. The largest absolute Gasteiger partial charge is 0.465 e. The fourth-order valence-electron chi connectivity index (χ4n) is 1.63. The Morgan fingerprint density at radius 1 is 1.69 bits per heavy atom. The van der Waals surface area contributed by atoms with Crippen molar-refractivity contribution in [1.29, 1.82) is 0 Å². The van der Waals surface area contributed by atoms with Gasteiger partial charge in [-0.3, -0.25) is 14.0 Å². The Labute approximate surface area is 76.3 Å². The summed E-state index contributed by atoms with van der Waals surface area (Å²) in [5, 5.41) is 0. The third kappa shape index (κ3) is 2.05. The second-order valence-electron chi connectivity index (χ2n) is 3.15. The van der Waals surface area contributed by atoms with Crippen LogP contribution in [0, 0.1) is 11.8 Å². The highest BCUT2D eigenvalue weighted by atomic mass is 19.1. The number of Topliss-reactive ketones (excluding diaryl/α,β-unsaturated/α-hetero) is 1. The molecule has 0 N–H and O–H groups in total. The number of halogens is 1. The topological polar surface area (TPSA) is 43.4 Å². The molecule has 13 heavy (non-hydrogen) atoms. The van der Waals surface area contributed by atoms with Crippen molar-refractivity contribution < 1.29 is 18.7 Å². The average Bonchev–Trinajstić information content (AvgIpc) is 2.47. The smallest absolute Gasteiger partial charge is 0.316 e. The van der Waals surface area contributed by atoms with Crippen molar-refractivity contribution in [2.24, 2.45) is 11.8 Å². The van der Waals surface area contributed by atoms with E-state index in [-0.39, 0.29) is 12.4 Å². The summed E-state index contributed by atoms with van der Waals surface area (Å²) in [5.41, 5.74) is 0. The van der Waals surface area contributed by atoms with Crippen molar-refractivity contribution in [1.82, 2.24) is 0 Å². The van der Waals surface area contributed by atoms with E-state index >= 15 is 0 Å². The van der Waals surface area contributed by atoms with Crippen molar-refractivity contribution in [3.63, 3.8) is 0 Å². The zero-order chi connectivity index (χ0) is 9.84. The highest BCUT2D eigenvalue weighted by Gasteiger charge is 2.40. The standard InChI is InChI=1S/C9H13FO3/c1-2-13-9(12)8-6(5-10)3-4-7(8)11/h6,8H,2-5H2,1H3. The molecule has 0 saturated heterocycles. The summed E-state index contributed by atoms with van der Waals surface area (Å²) >= 11 is 0. The predicted octanol–water partition coefficient (Wildman–Crippen LogP) is 1.11. The minimum atomic E-state index is -0.843. The van der Waals surface area contributed by atoms with Gasteiger partial charge in [0.15, 0.2) is 0 Å². The fraction of sp³-hybridized carbons (Fsp3) is 0.778. The molecular weight excluding hydrogens is 175 g/mol. The number of ether oxygens (including phenoxy) is 1. The lowest BCUT2D eigenvalue weighted by atomic mass is 9.97. The van der Waals surface area contributed by atoms with Crippen LogP contribution in [-0.4, -0.2) is 25.0 Å². The maximum atomic E-state index is 12.4. The van der Waals surface area contributed by atoms with Gasteiger partial charge in [-0.25, -0.2) is 0 Å². The molecule has 1 saturated carbocycles. The van der Waals surface area contributed by atoms with Gasteiger partial charge in [-0.2, -0.15) is 0 Å². The molecule has 1 rings (SSSR count). The average molecular weight is 188 g/mol. The Morgan fingerprint density at radius 3 is 2.92 bits per heavy atom. The maximum absolute atomic E-state index is 12.4. The first-order chi connectivity index (χ1) is 6.20. The van der Waals surface area contributed by atoms with Gasteiger partial charge in [0.25, 0.3) is 0 Å². The molecule has 1 fully saturated rings. The number of carbonyl (C=O) groups is 2. The van der Waals surface area contributed by atoms with Crippen LogP contribution in [0.2, 0.25) is 0 Å². The van der Waals surface area contributed by atoms with E-state index in [1.807, 2.05) is 0 Å². The van der Waals surface area contributed by atoms with Crippen LogP contribution in [-0.2, 0) is 14.3 Å². The summed E-state index contributed by atoms with van der Waals surface area (Å²) in [6.07, 6.45) is 0.775. The van der Waals surface area contributed by atoms with E-state index in [4.69, 9.17) is 4.74 Å². The summed E-state index contributed by atoms with van der Waals surface area (Å²) in [4.78, 5) is 22.4. The van der Waals surface area contributed by atoms with Crippen LogP contribution in [0.5, 0.6) is 0 Å². The quantitative estimate of drug-likeness (QED) is 0.492. The minimum absolute atomic E-state index is 0.180. The zero-order valence-corrected chi connectivity index (χ0v) is 7.59. The molecule has 0 bridgehead atoms. The molecule has 4 heteroatoms. The number of alkyl halides is 1. The van der Waals surface area contributed by atoms with E-state index in [2.05, 4.69) is 0 Å². The first-order valence-corrected chi connectivity index (χ1v) is 4.46. The Balaban J connectivity index is 2.63. The third-order valence-corrected chi connectivity index (χ3v) is 2.32. The third-order valence-electron chi connectivity index (χ3n) is 2.32. The van der Waals surface area contributed by atoms with Crippen LogP contribution < -0.4 is 0 Å². The van der Waals surface area contributed by atoms with E-state index in [1.165, 1.54) is 0 Å². The number of ketones is 1. The maximum Gasteiger partial charge on any atom is 0.316 e. The van der Waals surface area contributed by atoms with Crippen LogP contribution in [0.4, 0.5) is 4.39 Å². The molecule has 1 aliphatic carbocycles. The SMILES string of the molecule is CCOC(=O)C1C(=O)CCC1CF. The Morgan fingerprint density at radius 2 is 2.38 bits per heavy atom. The lowest BCUT2D eigenvalue weighted by Crippen LogP contribution is -2.27. The highest BCUT2D eigenvalue weighted by molar-refractivity contribution is 6.00. The second kappa shape index (κ2) is 4.35. The van der Waals surface area contributed by atoms with Gasteiger partial charge in [-0.1, -0.05) is 0 Å². The number of esters is 1. The lowest BCUT2D eigenvalue weighted by Gasteiger charge is -2.12. The summed E-state index contributed by atoms with van der Waals surface area (Å²) in [5.74, 6) is -2.04. The molecule has 2 unspecified atom stereocenters. The molecule has 0 aromatic heterocycles. The molecule has 0 radical (unpaired) electrons. The van der Waals surface area contributed by atoms with Crippen molar-refractivity contribution in [3.05, 3.63) is 0 Å². The molecule has 0 aliphatic heterocycles. The fourth-order valence-corrected chi connectivity index (χ4v) is 1.63. The zero-order valence-electron chi connectivity index (χ0n) is 7.59. The molecule has 1 aliphatic rings. The van der Waals surface area contributed by atoms with Gasteiger partial charge in [0.2, 0.25) is 0 Å². The normalized spacial score (nSPS) is 27.7. The molecule has 0 spiro atoms. The Kier molecular flexibility index (Phi) is 3.39. The van der Waals surface area contributed by atoms with Crippen molar-refractivity contribution >= 4 is 11.8 Å². The first-order valence-electron chi connectivity index (χ1n) is 4.46. The van der Waals surface area contributed by atoms with E-state index in [0.29, 0.717) is 12.8 Å². The van der Waals surface area contributed by atoms with Gasteiger partial charge >= 0.3 is 5.97 Å². The van der Waals surface area contributed by atoms with Gasteiger partial charge in [0.05, 0.1) is 13.3 Å². The van der Waals surface area contributed by atoms with E-state index in [0.717, 1.165) is 0 Å². The van der Waals surface area contributed by atoms with Gasteiger partial charge in [0, 0.05) is 12.3 Å². The summed E-state index contributed by atoms with van der Waals surface area (Å²) in [6.45, 7) is 1.29. The monoisotopic (exact) mass is 188 g/mol.